The molecule has 2 aromatic heterocycles. The van der Waals surface area contributed by atoms with E-state index in [0.717, 1.165) is 0 Å². The molecule has 2 heterocycles. The van der Waals surface area contributed by atoms with Gasteiger partial charge in [0.25, 0.3) is 0 Å². The molecule has 0 aliphatic heterocycles. The van der Waals surface area contributed by atoms with Crippen LogP contribution >= 0.6 is 0 Å². The van der Waals surface area contributed by atoms with Crippen LogP contribution in [0.15, 0.2) is 45.3 Å². The van der Waals surface area contributed by atoms with Crippen LogP contribution in [0.25, 0.3) is 23.5 Å². The quantitative estimate of drug-likeness (QED) is 0.358. The van der Waals surface area contributed by atoms with Gasteiger partial charge in [0.2, 0.25) is 5.76 Å². The van der Waals surface area contributed by atoms with E-state index in [-0.39, 0.29) is 23.7 Å². The van der Waals surface area contributed by atoms with Crippen LogP contribution in [-0.4, -0.2) is 22.7 Å². The van der Waals surface area contributed by atoms with E-state index < -0.39 is 10.9 Å². The molecule has 27 heavy (non-hydrogen) atoms. The monoisotopic (exact) mass is 368 g/mol. The standard InChI is InChI=1S/C19H16N2O6/c1-3-25-19(22)15-7-5-4-6-14(15)16-10-8-13(26-16)9-11-17-18(21(23)24)12(2)20-27-17/h4-11H,3H2,1-2H3/b11-9+. The molecule has 3 rings (SSSR count). The van der Waals surface area contributed by atoms with E-state index in [1.165, 1.54) is 19.1 Å². The highest BCUT2D eigenvalue weighted by Crippen LogP contribution is 2.28. The highest BCUT2D eigenvalue weighted by molar-refractivity contribution is 5.96. The number of ether oxygens (including phenoxy) is 1. The topological polar surface area (TPSA) is 109 Å². The summed E-state index contributed by atoms with van der Waals surface area (Å²) in [5, 5.41) is 14.7. The number of nitro groups is 1. The highest BCUT2D eigenvalue weighted by atomic mass is 16.6. The number of aromatic nitrogens is 1. The minimum atomic E-state index is -0.547. The molecule has 0 saturated carbocycles. The number of carbonyl (C=O) groups is 1. The molecular formula is C19H16N2O6. The Morgan fingerprint density at radius 1 is 1.26 bits per heavy atom. The Morgan fingerprint density at radius 3 is 2.78 bits per heavy atom. The lowest BCUT2D eigenvalue weighted by Crippen LogP contribution is -2.05. The van der Waals surface area contributed by atoms with Gasteiger partial charge in [-0.05, 0) is 44.2 Å². The van der Waals surface area contributed by atoms with Gasteiger partial charge in [0.15, 0.2) is 5.69 Å². The second-order valence-corrected chi connectivity index (χ2v) is 5.54. The molecule has 8 heteroatoms. The van der Waals surface area contributed by atoms with Crippen molar-refractivity contribution in [2.45, 2.75) is 13.8 Å². The summed E-state index contributed by atoms with van der Waals surface area (Å²) < 4.78 is 15.8. The Bertz CT molecular complexity index is 1010. The fourth-order valence-electron chi connectivity index (χ4n) is 2.54. The second-order valence-electron chi connectivity index (χ2n) is 5.54. The maximum atomic E-state index is 12.1. The Kier molecular flexibility index (Phi) is 5.16. The number of furan rings is 1. The Labute approximate surface area is 154 Å². The van der Waals surface area contributed by atoms with Crippen LogP contribution < -0.4 is 0 Å². The van der Waals surface area contributed by atoms with Gasteiger partial charge in [0, 0.05) is 5.56 Å². The molecule has 0 bridgehead atoms. The molecule has 0 unspecified atom stereocenters. The molecule has 8 nitrogen and oxygen atoms in total. The zero-order valence-corrected chi connectivity index (χ0v) is 14.7. The van der Waals surface area contributed by atoms with Crippen molar-refractivity contribution in [3.05, 3.63) is 69.3 Å². The predicted molar refractivity (Wildman–Crippen MR) is 96.9 cm³/mol. The summed E-state index contributed by atoms with van der Waals surface area (Å²) in [7, 11) is 0. The third-order valence-electron chi connectivity index (χ3n) is 3.75. The molecular weight excluding hydrogens is 352 g/mol. The van der Waals surface area contributed by atoms with E-state index >= 15 is 0 Å². The van der Waals surface area contributed by atoms with Crippen LogP contribution in [0.4, 0.5) is 5.69 Å². The number of hydrogen-bond donors (Lipinski definition) is 0. The van der Waals surface area contributed by atoms with Gasteiger partial charge in [-0.1, -0.05) is 23.4 Å². The molecule has 0 N–H and O–H groups in total. The zero-order valence-electron chi connectivity index (χ0n) is 14.7. The smallest absolute Gasteiger partial charge is 0.338 e. The minimum absolute atomic E-state index is 0.0300. The van der Waals surface area contributed by atoms with Crippen LogP contribution in [0.3, 0.4) is 0 Å². The van der Waals surface area contributed by atoms with Gasteiger partial charge < -0.3 is 13.7 Å². The van der Waals surface area contributed by atoms with Crippen molar-refractivity contribution in [3.8, 4) is 11.3 Å². The average Bonchev–Trinajstić information content (AvgIpc) is 3.26. The summed E-state index contributed by atoms with van der Waals surface area (Å²) in [5.41, 5.74) is 0.997. The van der Waals surface area contributed by atoms with Gasteiger partial charge >= 0.3 is 11.7 Å². The van der Waals surface area contributed by atoms with E-state index in [9.17, 15) is 14.9 Å². The van der Waals surface area contributed by atoms with E-state index in [0.29, 0.717) is 22.6 Å². The van der Waals surface area contributed by atoms with Crippen LogP contribution in [0.5, 0.6) is 0 Å². The summed E-state index contributed by atoms with van der Waals surface area (Å²) in [6, 6.07) is 10.3. The molecule has 0 spiro atoms. The van der Waals surface area contributed by atoms with Crippen molar-refractivity contribution >= 4 is 23.8 Å². The molecule has 3 aromatic rings. The fourth-order valence-corrected chi connectivity index (χ4v) is 2.54. The summed E-state index contributed by atoms with van der Waals surface area (Å²) in [6.07, 6.45) is 2.95. The Hall–Kier alpha value is -3.68. The number of rotatable bonds is 6. The maximum absolute atomic E-state index is 12.1. The number of nitrogens with zero attached hydrogens (tertiary/aromatic N) is 2. The largest absolute Gasteiger partial charge is 0.462 e. The first-order valence-corrected chi connectivity index (χ1v) is 8.16. The van der Waals surface area contributed by atoms with Crippen LogP contribution in [-0.2, 0) is 4.74 Å². The van der Waals surface area contributed by atoms with Crippen LogP contribution in [0.1, 0.15) is 34.5 Å². The van der Waals surface area contributed by atoms with Crippen molar-refractivity contribution in [1.82, 2.24) is 5.16 Å². The Balaban J connectivity index is 1.89. The van der Waals surface area contributed by atoms with Crippen LogP contribution in [0, 0.1) is 17.0 Å². The summed E-state index contributed by atoms with van der Waals surface area (Å²) in [5.74, 6) is 0.505. The van der Waals surface area contributed by atoms with Crippen LogP contribution in [0.2, 0.25) is 0 Å². The Morgan fingerprint density at radius 2 is 2.04 bits per heavy atom. The van der Waals surface area contributed by atoms with Gasteiger partial charge in [-0.25, -0.2) is 4.79 Å². The third-order valence-corrected chi connectivity index (χ3v) is 3.75. The fraction of sp³-hybridized carbons (Fsp3) is 0.158. The first-order chi connectivity index (χ1) is 13.0. The lowest BCUT2D eigenvalue weighted by molar-refractivity contribution is -0.386. The summed E-state index contributed by atoms with van der Waals surface area (Å²) in [4.78, 5) is 22.6. The number of hydrogen-bond acceptors (Lipinski definition) is 7. The lowest BCUT2D eigenvalue weighted by Gasteiger charge is -2.06. The van der Waals surface area contributed by atoms with Crippen molar-refractivity contribution in [2.75, 3.05) is 6.61 Å². The van der Waals surface area contributed by atoms with Gasteiger partial charge in [0.1, 0.15) is 11.5 Å². The van der Waals surface area contributed by atoms with Crippen molar-refractivity contribution < 1.29 is 23.4 Å². The molecule has 0 aliphatic carbocycles. The van der Waals surface area contributed by atoms with Gasteiger partial charge in [-0.3, -0.25) is 10.1 Å². The minimum Gasteiger partial charge on any atom is -0.462 e. The third kappa shape index (κ3) is 3.79. The van der Waals surface area contributed by atoms with E-state index in [2.05, 4.69) is 5.16 Å². The van der Waals surface area contributed by atoms with Crippen molar-refractivity contribution in [2.24, 2.45) is 0 Å². The number of carbonyl (C=O) groups excluding carboxylic acids is 1. The molecule has 0 fully saturated rings. The van der Waals surface area contributed by atoms with E-state index in [1.807, 2.05) is 0 Å². The number of aryl methyl sites for hydroxylation is 1. The van der Waals surface area contributed by atoms with Gasteiger partial charge in [-0.2, -0.15) is 0 Å². The molecule has 0 atom stereocenters. The molecule has 0 aliphatic rings. The second kappa shape index (κ2) is 7.69. The first-order valence-electron chi connectivity index (χ1n) is 8.16. The normalized spacial score (nSPS) is 11.0. The molecule has 0 saturated heterocycles. The highest BCUT2D eigenvalue weighted by Gasteiger charge is 2.22. The van der Waals surface area contributed by atoms with E-state index in [1.54, 1.807) is 43.3 Å². The van der Waals surface area contributed by atoms with Gasteiger partial charge in [0.05, 0.1) is 17.1 Å². The molecule has 0 amide bonds. The molecule has 0 radical (unpaired) electrons. The maximum Gasteiger partial charge on any atom is 0.338 e. The first kappa shape index (κ1) is 18.1. The number of esters is 1. The van der Waals surface area contributed by atoms with Crippen molar-refractivity contribution in [3.63, 3.8) is 0 Å². The van der Waals surface area contributed by atoms with Crippen molar-refractivity contribution in [1.29, 1.82) is 0 Å². The molecule has 1 aromatic carbocycles. The number of benzene rings is 1. The zero-order chi connectivity index (χ0) is 19.4. The average molecular weight is 368 g/mol. The SMILES string of the molecule is CCOC(=O)c1ccccc1-c1ccc(/C=C/c2onc(C)c2[N+](=O)[O-])o1. The molecule has 138 valence electrons. The lowest BCUT2D eigenvalue weighted by atomic mass is 10.1. The summed E-state index contributed by atoms with van der Waals surface area (Å²) in [6.45, 7) is 3.51. The van der Waals surface area contributed by atoms with E-state index in [4.69, 9.17) is 13.7 Å². The predicted octanol–water partition coefficient (Wildman–Crippen LogP) is 4.50. The van der Waals surface area contributed by atoms with Gasteiger partial charge in [-0.15, -0.1) is 0 Å². The summed E-state index contributed by atoms with van der Waals surface area (Å²) >= 11 is 0.